The zero-order valence-corrected chi connectivity index (χ0v) is 10.8. The molecular weight excluding hydrogens is 240 g/mol. The summed E-state index contributed by atoms with van der Waals surface area (Å²) in [6.45, 7) is 0.203. The molecule has 2 rings (SSSR count). The van der Waals surface area contributed by atoms with E-state index in [1.807, 2.05) is 48.5 Å². The van der Waals surface area contributed by atoms with Gasteiger partial charge in [-0.3, -0.25) is 0 Å². The van der Waals surface area contributed by atoms with Crippen molar-refractivity contribution in [1.29, 1.82) is 0 Å². The van der Waals surface area contributed by atoms with E-state index in [2.05, 4.69) is 0 Å². The first-order valence-corrected chi connectivity index (χ1v) is 6.11. The second-order valence-corrected chi connectivity index (χ2v) is 4.10. The molecule has 0 spiro atoms. The quantitative estimate of drug-likeness (QED) is 0.770. The Balaban J connectivity index is 1.96. The highest BCUT2D eigenvalue weighted by atomic mass is 16.6. The van der Waals surface area contributed by atoms with Crippen LogP contribution < -0.4 is 0 Å². The van der Waals surface area contributed by atoms with Gasteiger partial charge < -0.3 is 9.47 Å². The van der Waals surface area contributed by atoms with Crippen molar-refractivity contribution in [2.45, 2.75) is 6.10 Å². The molecule has 0 N–H and O–H groups in total. The molecular formula is C16H16O3. The first-order valence-electron chi connectivity index (χ1n) is 6.11. The average Bonchev–Trinajstić information content (AvgIpc) is 2.49. The van der Waals surface area contributed by atoms with Crippen molar-refractivity contribution in [2.75, 3.05) is 13.7 Å². The average molecular weight is 256 g/mol. The van der Waals surface area contributed by atoms with E-state index in [0.717, 1.165) is 5.56 Å². The molecule has 3 heteroatoms. The summed E-state index contributed by atoms with van der Waals surface area (Å²) in [5.74, 6) is -0.335. The van der Waals surface area contributed by atoms with E-state index in [1.165, 1.54) is 0 Å². The summed E-state index contributed by atoms with van der Waals surface area (Å²) in [5, 5.41) is 0. The fourth-order valence-electron chi connectivity index (χ4n) is 1.78. The minimum Gasteiger partial charge on any atom is -0.459 e. The maximum Gasteiger partial charge on any atom is 0.338 e. The van der Waals surface area contributed by atoms with Crippen LogP contribution in [-0.4, -0.2) is 19.7 Å². The molecule has 0 aliphatic rings. The molecule has 0 bridgehead atoms. The normalized spacial score (nSPS) is 11.8. The Morgan fingerprint density at radius 3 is 2.16 bits per heavy atom. The zero-order chi connectivity index (χ0) is 13.5. The van der Waals surface area contributed by atoms with Crippen molar-refractivity contribution in [2.24, 2.45) is 0 Å². The van der Waals surface area contributed by atoms with Crippen molar-refractivity contribution in [1.82, 2.24) is 0 Å². The molecule has 2 aromatic rings. The number of benzene rings is 2. The second kappa shape index (κ2) is 6.71. The van der Waals surface area contributed by atoms with Crippen molar-refractivity contribution in [3.63, 3.8) is 0 Å². The predicted octanol–water partition coefficient (Wildman–Crippen LogP) is 3.23. The highest BCUT2D eigenvalue weighted by Gasteiger charge is 2.14. The topological polar surface area (TPSA) is 35.5 Å². The molecule has 0 saturated heterocycles. The number of methoxy groups -OCH3 is 1. The fraction of sp³-hybridized carbons (Fsp3) is 0.188. The lowest BCUT2D eigenvalue weighted by Gasteiger charge is -2.15. The highest BCUT2D eigenvalue weighted by Crippen LogP contribution is 2.17. The molecule has 19 heavy (non-hydrogen) atoms. The van der Waals surface area contributed by atoms with Gasteiger partial charge in [-0.05, 0) is 17.7 Å². The van der Waals surface area contributed by atoms with E-state index < -0.39 is 0 Å². The third-order valence-corrected chi connectivity index (χ3v) is 2.83. The van der Waals surface area contributed by atoms with Crippen LogP contribution in [0.1, 0.15) is 22.0 Å². The number of rotatable bonds is 5. The van der Waals surface area contributed by atoms with Crippen molar-refractivity contribution < 1.29 is 14.3 Å². The molecule has 3 nitrogen and oxygen atoms in total. The lowest BCUT2D eigenvalue weighted by molar-refractivity contribution is 0.0101. The Hall–Kier alpha value is -2.13. The maximum absolute atomic E-state index is 11.8. The molecule has 2 aromatic carbocycles. The lowest BCUT2D eigenvalue weighted by Crippen LogP contribution is -2.14. The summed E-state index contributed by atoms with van der Waals surface area (Å²) < 4.78 is 10.6. The fourth-order valence-corrected chi connectivity index (χ4v) is 1.78. The molecule has 1 unspecified atom stereocenters. The summed E-state index contributed by atoms with van der Waals surface area (Å²) in [6.07, 6.45) is -0.242. The van der Waals surface area contributed by atoms with Gasteiger partial charge in [-0.25, -0.2) is 4.79 Å². The molecule has 0 saturated carbocycles. The van der Waals surface area contributed by atoms with E-state index in [1.54, 1.807) is 19.2 Å². The van der Waals surface area contributed by atoms with Gasteiger partial charge in [-0.2, -0.15) is 0 Å². The monoisotopic (exact) mass is 256 g/mol. The van der Waals surface area contributed by atoms with Gasteiger partial charge in [0, 0.05) is 7.11 Å². The van der Waals surface area contributed by atoms with Crippen LogP contribution in [0.3, 0.4) is 0 Å². The lowest BCUT2D eigenvalue weighted by atomic mass is 10.1. The molecule has 98 valence electrons. The van der Waals surface area contributed by atoms with E-state index in [0.29, 0.717) is 5.56 Å². The van der Waals surface area contributed by atoms with Gasteiger partial charge in [-0.1, -0.05) is 48.5 Å². The van der Waals surface area contributed by atoms with Crippen LogP contribution in [0.15, 0.2) is 60.7 Å². The number of hydrogen-bond acceptors (Lipinski definition) is 3. The number of ether oxygens (including phenoxy) is 2. The van der Waals surface area contributed by atoms with E-state index in [-0.39, 0.29) is 18.7 Å². The van der Waals surface area contributed by atoms with Crippen LogP contribution in [0.5, 0.6) is 0 Å². The second-order valence-electron chi connectivity index (χ2n) is 4.10. The van der Waals surface area contributed by atoms with E-state index in [9.17, 15) is 4.79 Å². The molecule has 0 amide bonds. The Labute approximate surface area is 112 Å². The minimum atomic E-state index is -0.335. The number of hydrogen-bond donors (Lipinski definition) is 0. The smallest absolute Gasteiger partial charge is 0.338 e. The zero-order valence-electron chi connectivity index (χ0n) is 10.8. The Morgan fingerprint density at radius 1 is 1.00 bits per heavy atom. The SMILES string of the molecule is COC(COC(=O)c1ccccc1)c1ccccc1. The van der Waals surface area contributed by atoms with Crippen molar-refractivity contribution >= 4 is 5.97 Å². The van der Waals surface area contributed by atoms with Crippen LogP contribution in [0.25, 0.3) is 0 Å². The van der Waals surface area contributed by atoms with E-state index >= 15 is 0 Å². The molecule has 0 aromatic heterocycles. The van der Waals surface area contributed by atoms with Crippen LogP contribution in [0, 0.1) is 0 Å². The van der Waals surface area contributed by atoms with Crippen molar-refractivity contribution in [3.05, 3.63) is 71.8 Å². The van der Waals surface area contributed by atoms with Crippen LogP contribution in [0.2, 0.25) is 0 Å². The summed E-state index contributed by atoms with van der Waals surface area (Å²) in [7, 11) is 1.61. The van der Waals surface area contributed by atoms with Crippen LogP contribution in [-0.2, 0) is 9.47 Å². The van der Waals surface area contributed by atoms with Crippen LogP contribution in [0.4, 0.5) is 0 Å². The Kier molecular flexibility index (Phi) is 4.70. The van der Waals surface area contributed by atoms with Gasteiger partial charge in [0.15, 0.2) is 0 Å². The number of esters is 1. The summed E-state index contributed by atoms with van der Waals surface area (Å²) in [4.78, 5) is 11.8. The molecule has 0 aliphatic carbocycles. The summed E-state index contributed by atoms with van der Waals surface area (Å²) in [5.41, 5.74) is 1.54. The number of carbonyl (C=O) groups excluding carboxylic acids is 1. The van der Waals surface area contributed by atoms with Crippen LogP contribution >= 0.6 is 0 Å². The standard InChI is InChI=1S/C16H16O3/c1-18-15(13-8-4-2-5-9-13)12-19-16(17)14-10-6-3-7-11-14/h2-11,15H,12H2,1H3. The number of carbonyl (C=O) groups is 1. The third-order valence-electron chi connectivity index (χ3n) is 2.83. The molecule has 1 atom stereocenters. The molecule has 0 radical (unpaired) electrons. The minimum absolute atomic E-state index is 0.203. The first-order chi connectivity index (χ1) is 9.31. The van der Waals surface area contributed by atoms with Gasteiger partial charge in [0.25, 0.3) is 0 Å². The predicted molar refractivity (Wildman–Crippen MR) is 72.9 cm³/mol. The van der Waals surface area contributed by atoms with Gasteiger partial charge in [0.05, 0.1) is 5.56 Å². The van der Waals surface area contributed by atoms with Gasteiger partial charge in [0.2, 0.25) is 0 Å². The Morgan fingerprint density at radius 2 is 1.58 bits per heavy atom. The highest BCUT2D eigenvalue weighted by molar-refractivity contribution is 5.89. The first kappa shape index (κ1) is 13.3. The molecule has 0 aliphatic heterocycles. The van der Waals surface area contributed by atoms with Gasteiger partial charge >= 0.3 is 5.97 Å². The molecule has 0 fully saturated rings. The molecule has 0 heterocycles. The maximum atomic E-state index is 11.8. The van der Waals surface area contributed by atoms with Gasteiger partial charge in [0.1, 0.15) is 12.7 Å². The summed E-state index contributed by atoms with van der Waals surface area (Å²) in [6, 6.07) is 18.6. The largest absolute Gasteiger partial charge is 0.459 e. The summed E-state index contributed by atoms with van der Waals surface area (Å²) >= 11 is 0. The van der Waals surface area contributed by atoms with E-state index in [4.69, 9.17) is 9.47 Å². The Bertz CT molecular complexity index is 508. The third kappa shape index (κ3) is 3.66. The van der Waals surface area contributed by atoms with Crippen molar-refractivity contribution in [3.8, 4) is 0 Å². The van der Waals surface area contributed by atoms with Gasteiger partial charge in [-0.15, -0.1) is 0 Å².